The standard InChI is InChI=1S/C15H26O3/c1-5-6-13(16)15(17)18-14-9-11(4)7-8-12(14)10(2)3/h5,10-14,16H,1,6-9H2,2-4H3. The number of aliphatic hydroxyl groups excluding tert-OH is 1. The second kappa shape index (κ2) is 6.93. The van der Waals surface area contributed by atoms with E-state index in [0.29, 0.717) is 17.8 Å². The Kier molecular flexibility index (Phi) is 5.86. The van der Waals surface area contributed by atoms with E-state index in [2.05, 4.69) is 27.4 Å². The van der Waals surface area contributed by atoms with Gasteiger partial charge in [-0.3, -0.25) is 0 Å². The summed E-state index contributed by atoms with van der Waals surface area (Å²) in [5, 5.41) is 9.59. The zero-order valence-electron chi connectivity index (χ0n) is 11.8. The van der Waals surface area contributed by atoms with E-state index in [1.54, 1.807) is 0 Å². The van der Waals surface area contributed by atoms with Gasteiger partial charge in [-0.25, -0.2) is 4.79 Å². The fourth-order valence-corrected chi connectivity index (χ4v) is 2.73. The van der Waals surface area contributed by atoms with Gasteiger partial charge in [0.15, 0.2) is 6.10 Å². The number of esters is 1. The van der Waals surface area contributed by atoms with Gasteiger partial charge in [0.05, 0.1) is 0 Å². The molecule has 1 saturated carbocycles. The van der Waals surface area contributed by atoms with Crippen molar-refractivity contribution < 1.29 is 14.6 Å². The Balaban J connectivity index is 2.60. The molecule has 1 aliphatic rings. The Morgan fingerprint density at radius 1 is 1.50 bits per heavy atom. The first-order valence-corrected chi connectivity index (χ1v) is 6.95. The zero-order valence-corrected chi connectivity index (χ0v) is 11.8. The summed E-state index contributed by atoms with van der Waals surface area (Å²) in [5.41, 5.74) is 0. The molecular formula is C15H26O3. The van der Waals surface area contributed by atoms with Gasteiger partial charge in [0.2, 0.25) is 0 Å². The highest BCUT2D eigenvalue weighted by atomic mass is 16.6. The second-order valence-corrected chi connectivity index (χ2v) is 5.84. The van der Waals surface area contributed by atoms with Crippen molar-refractivity contribution in [2.75, 3.05) is 0 Å². The van der Waals surface area contributed by atoms with Gasteiger partial charge in [0.25, 0.3) is 0 Å². The number of carbonyl (C=O) groups is 1. The van der Waals surface area contributed by atoms with Crippen LogP contribution in [0.1, 0.15) is 46.5 Å². The summed E-state index contributed by atoms with van der Waals surface area (Å²) >= 11 is 0. The molecule has 18 heavy (non-hydrogen) atoms. The minimum atomic E-state index is -1.06. The van der Waals surface area contributed by atoms with E-state index in [-0.39, 0.29) is 12.5 Å². The predicted octanol–water partition coefficient (Wildman–Crippen LogP) is 2.93. The van der Waals surface area contributed by atoms with Crippen LogP contribution in [-0.2, 0) is 9.53 Å². The van der Waals surface area contributed by atoms with Crippen molar-refractivity contribution in [2.45, 2.75) is 58.7 Å². The third kappa shape index (κ3) is 4.13. The normalized spacial score (nSPS) is 29.9. The minimum absolute atomic E-state index is 0.0410. The summed E-state index contributed by atoms with van der Waals surface area (Å²) in [4.78, 5) is 11.8. The third-order valence-electron chi connectivity index (χ3n) is 3.89. The van der Waals surface area contributed by atoms with Gasteiger partial charge in [-0.2, -0.15) is 0 Å². The zero-order chi connectivity index (χ0) is 13.7. The Morgan fingerprint density at radius 2 is 2.17 bits per heavy atom. The number of ether oxygens (including phenoxy) is 1. The van der Waals surface area contributed by atoms with Crippen LogP contribution in [0, 0.1) is 17.8 Å². The maximum atomic E-state index is 11.8. The molecule has 0 aromatic heterocycles. The van der Waals surface area contributed by atoms with Gasteiger partial charge in [0, 0.05) is 6.42 Å². The molecule has 0 bridgehead atoms. The van der Waals surface area contributed by atoms with E-state index in [1.165, 1.54) is 12.5 Å². The van der Waals surface area contributed by atoms with E-state index in [9.17, 15) is 9.90 Å². The van der Waals surface area contributed by atoms with Crippen molar-refractivity contribution in [2.24, 2.45) is 17.8 Å². The van der Waals surface area contributed by atoms with Crippen molar-refractivity contribution >= 4 is 5.97 Å². The molecule has 0 amide bonds. The molecule has 0 spiro atoms. The number of carbonyl (C=O) groups excluding carboxylic acids is 1. The maximum absolute atomic E-state index is 11.8. The molecule has 104 valence electrons. The highest BCUT2D eigenvalue weighted by molar-refractivity contribution is 5.74. The van der Waals surface area contributed by atoms with Crippen LogP contribution in [0.5, 0.6) is 0 Å². The van der Waals surface area contributed by atoms with E-state index in [0.717, 1.165) is 12.8 Å². The second-order valence-electron chi connectivity index (χ2n) is 5.84. The van der Waals surface area contributed by atoms with Crippen LogP contribution in [0.25, 0.3) is 0 Å². The average Bonchev–Trinajstić information content (AvgIpc) is 2.28. The molecule has 3 heteroatoms. The first kappa shape index (κ1) is 15.2. The molecule has 0 aromatic carbocycles. The summed E-state index contributed by atoms with van der Waals surface area (Å²) in [6.45, 7) is 10.0. The van der Waals surface area contributed by atoms with E-state index >= 15 is 0 Å². The molecule has 1 rings (SSSR count). The summed E-state index contributed by atoms with van der Waals surface area (Å²) in [6.07, 6.45) is 3.91. The number of aliphatic hydroxyl groups is 1. The number of hydrogen-bond donors (Lipinski definition) is 1. The van der Waals surface area contributed by atoms with Crippen LogP contribution >= 0.6 is 0 Å². The molecular weight excluding hydrogens is 228 g/mol. The third-order valence-corrected chi connectivity index (χ3v) is 3.89. The molecule has 4 atom stereocenters. The highest BCUT2D eigenvalue weighted by Crippen LogP contribution is 2.35. The van der Waals surface area contributed by atoms with Crippen LogP contribution in [-0.4, -0.2) is 23.3 Å². The fourth-order valence-electron chi connectivity index (χ4n) is 2.73. The lowest BCUT2D eigenvalue weighted by Crippen LogP contribution is -2.38. The molecule has 0 aliphatic heterocycles. The van der Waals surface area contributed by atoms with Crippen molar-refractivity contribution in [3.8, 4) is 0 Å². The molecule has 0 heterocycles. The lowest BCUT2D eigenvalue weighted by Gasteiger charge is -2.37. The van der Waals surface area contributed by atoms with Crippen LogP contribution in [0.4, 0.5) is 0 Å². The predicted molar refractivity (Wildman–Crippen MR) is 72.0 cm³/mol. The van der Waals surface area contributed by atoms with E-state index in [1.807, 2.05) is 0 Å². The maximum Gasteiger partial charge on any atom is 0.335 e. The monoisotopic (exact) mass is 254 g/mol. The van der Waals surface area contributed by atoms with Gasteiger partial charge in [-0.15, -0.1) is 6.58 Å². The molecule has 0 aromatic rings. The van der Waals surface area contributed by atoms with E-state index in [4.69, 9.17) is 4.74 Å². The quantitative estimate of drug-likeness (QED) is 0.606. The Bertz CT molecular complexity index is 285. The van der Waals surface area contributed by atoms with Gasteiger partial charge in [-0.05, 0) is 30.6 Å². The molecule has 4 unspecified atom stereocenters. The molecule has 1 fully saturated rings. The van der Waals surface area contributed by atoms with Crippen molar-refractivity contribution in [3.63, 3.8) is 0 Å². The Hall–Kier alpha value is -0.830. The number of rotatable bonds is 5. The lowest BCUT2D eigenvalue weighted by molar-refractivity contribution is -0.165. The Labute approximate surface area is 110 Å². The molecule has 1 aliphatic carbocycles. The van der Waals surface area contributed by atoms with Crippen molar-refractivity contribution in [1.82, 2.24) is 0 Å². The molecule has 0 radical (unpaired) electrons. The minimum Gasteiger partial charge on any atom is -0.460 e. The fraction of sp³-hybridized carbons (Fsp3) is 0.800. The first-order valence-electron chi connectivity index (χ1n) is 6.95. The highest BCUT2D eigenvalue weighted by Gasteiger charge is 2.34. The Morgan fingerprint density at radius 3 is 2.72 bits per heavy atom. The summed E-state index contributed by atoms with van der Waals surface area (Å²) in [7, 11) is 0. The summed E-state index contributed by atoms with van der Waals surface area (Å²) in [5.74, 6) is 1.02. The molecule has 1 N–H and O–H groups in total. The largest absolute Gasteiger partial charge is 0.460 e. The van der Waals surface area contributed by atoms with Gasteiger partial charge < -0.3 is 9.84 Å². The SMILES string of the molecule is C=CCC(O)C(=O)OC1CC(C)CCC1C(C)C. The van der Waals surface area contributed by atoms with Crippen molar-refractivity contribution in [1.29, 1.82) is 0 Å². The number of hydrogen-bond acceptors (Lipinski definition) is 3. The van der Waals surface area contributed by atoms with Crippen LogP contribution in [0.2, 0.25) is 0 Å². The average molecular weight is 254 g/mol. The van der Waals surface area contributed by atoms with Crippen LogP contribution < -0.4 is 0 Å². The van der Waals surface area contributed by atoms with Gasteiger partial charge in [-0.1, -0.05) is 33.3 Å². The molecule has 3 nitrogen and oxygen atoms in total. The van der Waals surface area contributed by atoms with Crippen LogP contribution in [0.15, 0.2) is 12.7 Å². The smallest absolute Gasteiger partial charge is 0.335 e. The van der Waals surface area contributed by atoms with E-state index < -0.39 is 12.1 Å². The van der Waals surface area contributed by atoms with Crippen molar-refractivity contribution in [3.05, 3.63) is 12.7 Å². The van der Waals surface area contributed by atoms with Gasteiger partial charge in [0.1, 0.15) is 6.10 Å². The summed E-state index contributed by atoms with van der Waals surface area (Å²) < 4.78 is 5.51. The first-order chi connectivity index (χ1) is 8.45. The van der Waals surface area contributed by atoms with Crippen LogP contribution in [0.3, 0.4) is 0 Å². The summed E-state index contributed by atoms with van der Waals surface area (Å²) in [6, 6.07) is 0. The lowest BCUT2D eigenvalue weighted by atomic mass is 9.75. The molecule has 0 saturated heterocycles. The van der Waals surface area contributed by atoms with Gasteiger partial charge >= 0.3 is 5.97 Å². The topological polar surface area (TPSA) is 46.5 Å².